The molecular weight excluding hydrogens is 467 g/mol. The molecule has 0 saturated carbocycles. The summed E-state index contributed by atoms with van der Waals surface area (Å²) >= 11 is 19.5. The van der Waals surface area contributed by atoms with Crippen LogP contribution in [0.1, 0.15) is 12.5 Å². The second-order valence-corrected chi connectivity index (χ2v) is 8.14. The second-order valence-electron chi connectivity index (χ2n) is 6.08. The summed E-state index contributed by atoms with van der Waals surface area (Å²) in [6, 6.07) is 9.85. The number of nitro benzene ring substituents is 1. The van der Waals surface area contributed by atoms with Crippen LogP contribution >= 0.6 is 46.1 Å². The zero-order chi connectivity index (χ0) is 21.8. The summed E-state index contributed by atoms with van der Waals surface area (Å²) in [4.78, 5) is 15.8. The van der Waals surface area contributed by atoms with Crippen molar-refractivity contribution < 1.29 is 4.92 Å². The Morgan fingerprint density at radius 2 is 1.93 bits per heavy atom. The number of nitro groups is 1. The van der Waals surface area contributed by atoms with E-state index in [1.165, 1.54) is 23.5 Å². The number of thiazole rings is 1. The molecule has 6 nitrogen and oxygen atoms in total. The molecule has 154 valence electrons. The highest BCUT2D eigenvalue weighted by Gasteiger charge is 2.15. The van der Waals surface area contributed by atoms with Gasteiger partial charge in [-0.1, -0.05) is 53.0 Å². The number of benzene rings is 2. The third-order valence-electron chi connectivity index (χ3n) is 4.07. The lowest BCUT2D eigenvalue weighted by atomic mass is 10.1. The average molecular weight is 482 g/mol. The molecule has 0 amide bonds. The largest absolute Gasteiger partial charge is 0.288 e. The van der Waals surface area contributed by atoms with Crippen molar-refractivity contribution in [3.63, 3.8) is 0 Å². The first kappa shape index (κ1) is 22.2. The summed E-state index contributed by atoms with van der Waals surface area (Å²) < 4.78 is 1.67. The fourth-order valence-corrected chi connectivity index (χ4v) is 3.91. The van der Waals surface area contributed by atoms with Crippen LogP contribution in [0.4, 0.5) is 5.69 Å². The van der Waals surface area contributed by atoms with Gasteiger partial charge in [0.05, 0.1) is 32.9 Å². The van der Waals surface area contributed by atoms with Crippen molar-refractivity contribution in [3.8, 4) is 11.3 Å². The standard InChI is InChI=1S/C20H15Cl3N4O2S/c1-3-8-24-20-26(19(11-30-20)14-5-6-15(21)17(23)9-14)25-12(2)13-4-7-16(22)18(10-13)27(28)29/h3-7,9-11H,1,8H2,2H3. The highest BCUT2D eigenvalue weighted by molar-refractivity contribution is 7.07. The third-order valence-corrected chi connectivity index (χ3v) is 5.98. The molecule has 1 aromatic heterocycles. The Bertz CT molecular complexity index is 1230. The monoisotopic (exact) mass is 480 g/mol. The molecule has 0 aliphatic heterocycles. The Balaban J connectivity index is 2.17. The average Bonchev–Trinajstić information content (AvgIpc) is 3.10. The molecule has 0 atom stereocenters. The molecule has 0 radical (unpaired) electrons. The van der Waals surface area contributed by atoms with Gasteiger partial charge < -0.3 is 0 Å². The summed E-state index contributed by atoms with van der Waals surface area (Å²) in [6.45, 7) is 5.87. The van der Waals surface area contributed by atoms with E-state index in [9.17, 15) is 10.1 Å². The van der Waals surface area contributed by atoms with Gasteiger partial charge >= 0.3 is 0 Å². The number of nitrogens with zero attached hydrogens (tertiary/aromatic N) is 4. The molecule has 3 aromatic rings. The highest BCUT2D eigenvalue weighted by atomic mass is 35.5. The number of hydrogen-bond acceptors (Lipinski definition) is 5. The maximum atomic E-state index is 11.2. The number of aromatic nitrogens is 1. The van der Waals surface area contributed by atoms with Gasteiger partial charge in [-0.15, -0.1) is 17.9 Å². The maximum Gasteiger partial charge on any atom is 0.288 e. The van der Waals surface area contributed by atoms with E-state index >= 15 is 0 Å². The maximum absolute atomic E-state index is 11.2. The molecule has 0 N–H and O–H groups in total. The molecular formula is C20H15Cl3N4O2S. The lowest BCUT2D eigenvalue weighted by Crippen LogP contribution is -2.14. The first-order chi connectivity index (χ1) is 14.3. The lowest BCUT2D eigenvalue weighted by Gasteiger charge is -2.07. The van der Waals surface area contributed by atoms with Crippen LogP contribution in [-0.2, 0) is 0 Å². The highest BCUT2D eigenvalue weighted by Crippen LogP contribution is 2.29. The van der Waals surface area contributed by atoms with E-state index in [0.717, 1.165) is 11.3 Å². The van der Waals surface area contributed by atoms with E-state index in [4.69, 9.17) is 34.8 Å². The Morgan fingerprint density at radius 3 is 2.60 bits per heavy atom. The normalized spacial score (nSPS) is 12.3. The van der Waals surface area contributed by atoms with Gasteiger partial charge in [0, 0.05) is 22.6 Å². The molecule has 0 aliphatic carbocycles. The van der Waals surface area contributed by atoms with Crippen LogP contribution in [0.25, 0.3) is 11.3 Å². The SMILES string of the molecule is C=CCN=c1scc(-c2ccc(Cl)c(Cl)c2)n1N=C(C)c1ccc(Cl)c([N+](=O)[O-])c1. The fraction of sp³-hybridized carbons (Fsp3) is 0.100. The fourth-order valence-electron chi connectivity index (χ4n) is 2.59. The topological polar surface area (TPSA) is 72.8 Å². The van der Waals surface area contributed by atoms with Crippen LogP contribution in [0.5, 0.6) is 0 Å². The van der Waals surface area contributed by atoms with Gasteiger partial charge in [-0.25, -0.2) is 4.68 Å². The smallest absolute Gasteiger partial charge is 0.258 e. The van der Waals surface area contributed by atoms with Crippen LogP contribution < -0.4 is 4.80 Å². The number of hydrogen-bond donors (Lipinski definition) is 0. The minimum atomic E-state index is -0.525. The van der Waals surface area contributed by atoms with Crippen molar-refractivity contribution in [2.75, 3.05) is 6.54 Å². The summed E-state index contributed by atoms with van der Waals surface area (Å²) in [5.74, 6) is 0. The summed E-state index contributed by atoms with van der Waals surface area (Å²) in [5.41, 5.74) is 2.50. The zero-order valence-electron chi connectivity index (χ0n) is 15.7. The lowest BCUT2D eigenvalue weighted by molar-refractivity contribution is -0.384. The van der Waals surface area contributed by atoms with Crippen LogP contribution in [0.15, 0.2) is 64.5 Å². The minimum absolute atomic E-state index is 0.0675. The molecule has 0 spiro atoms. The molecule has 0 bridgehead atoms. The van der Waals surface area contributed by atoms with E-state index in [1.54, 1.807) is 35.9 Å². The van der Waals surface area contributed by atoms with Crippen molar-refractivity contribution in [1.82, 2.24) is 4.68 Å². The Hall–Kier alpha value is -2.45. The molecule has 10 heteroatoms. The molecule has 0 fully saturated rings. The molecule has 0 aliphatic rings. The molecule has 0 unspecified atom stereocenters. The summed E-state index contributed by atoms with van der Waals surface area (Å²) in [5, 5.41) is 18.7. The summed E-state index contributed by atoms with van der Waals surface area (Å²) in [6.07, 6.45) is 1.68. The van der Waals surface area contributed by atoms with Gasteiger partial charge in [-0.2, -0.15) is 5.10 Å². The van der Waals surface area contributed by atoms with Gasteiger partial charge in [0.25, 0.3) is 5.69 Å². The van der Waals surface area contributed by atoms with Crippen molar-refractivity contribution in [3.05, 3.63) is 90.0 Å². The quantitative estimate of drug-likeness (QED) is 0.176. The van der Waals surface area contributed by atoms with Gasteiger partial charge in [-0.3, -0.25) is 15.1 Å². The minimum Gasteiger partial charge on any atom is -0.258 e. The van der Waals surface area contributed by atoms with E-state index in [-0.39, 0.29) is 10.7 Å². The zero-order valence-corrected chi connectivity index (χ0v) is 18.8. The van der Waals surface area contributed by atoms with Gasteiger partial charge in [0.15, 0.2) is 0 Å². The van der Waals surface area contributed by atoms with Crippen LogP contribution in [0.3, 0.4) is 0 Å². The molecule has 30 heavy (non-hydrogen) atoms. The Labute approximate surface area is 191 Å². The number of rotatable bonds is 6. The predicted octanol–water partition coefficient (Wildman–Crippen LogP) is 6.44. The van der Waals surface area contributed by atoms with E-state index in [1.807, 2.05) is 11.4 Å². The van der Waals surface area contributed by atoms with Crippen molar-refractivity contribution in [2.24, 2.45) is 10.1 Å². The van der Waals surface area contributed by atoms with Crippen molar-refractivity contribution in [1.29, 1.82) is 0 Å². The number of halogens is 3. The molecule has 0 saturated heterocycles. The predicted molar refractivity (Wildman–Crippen MR) is 124 cm³/mol. The van der Waals surface area contributed by atoms with E-state index in [0.29, 0.717) is 32.7 Å². The van der Waals surface area contributed by atoms with Crippen LogP contribution in [-0.4, -0.2) is 21.9 Å². The second kappa shape index (κ2) is 9.57. The Kier molecular flexibility index (Phi) is 7.10. The van der Waals surface area contributed by atoms with E-state index in [2.05, 4.69) is 16.7 Å². The first-order valence-corrected chi connectivity index (χ1v) is 10.6. The molecule has 3 rings (SSSR count). The molecule has 1 heterocycles. The third kappa shape index (κ3) is 4.82. The van der Waals surface area contributed by atoms with Gasteiger partial charge in [0.1, 0.15) is 5.02 Å². The van der Waals surface area contributed by atoms with Gasteiger partial charge in [0.2, 0.25) is 4.80 Å². The summed E-state index contributed by atoms with van der Waals surface area (Å²) in [7, 11) is 0. The van der Waals surface area contributed by atoms with Gasteiger partial charge in [-0.05, 0) is 25.1 Å². The Morgan fingerprint density at radius 1 is 1.20 bits per heavy atom. The van der Waals surface area contributed by atoms with Crippen LogP contribution in [0.2, 0.25) is 15.1 Å². The van der Waals surface area contributed by atoms with Crippen LogP contribution in [0, 0.1) is 10.1 Å². The molecule has 2 aromatic carbocycles. The van der Waals surface area contributed by atoms with Crippen molar-refractivity contribution >= 4 is 57.5 Å². The first-order valence-electron chi connectivity index (χ1n) is 8.59. The van der Waals surface area contributed by atoms with E-state index < -0.39 is 4.92 Å². The van der Waals surface area contributed by atoms with Crippen molar-refractivity contribution in [2.45, 2.75) is 6.92 Å².